The van der Waals surface area contributed by atoms with Crippen LogP contribution in [0.25, 0.3) is 0 Å². The third-order valence-corrected chi connectivity index (χ3v) is 2.68. The van der Waals surface area contributed by atoms with Gasteiger partial charge in [0.1, 0.15) is 0 Å². The summed E-state index contributed by atoms with van der Waals surface area (Å²) in [6.45, 7) is 0.0307. The predicted molar refractivity (Wildman–Crippen MR) is 49.0 cm³/mol. The quantitative estimate of drug-likeness (QED) is 0.796. The minimum Gasteiger partial charge on any atom is -0.481 e. The van der Waals surface area contributed by atoms with Gasteiger partial charge in [-0.15, -0.1) is 0 Å². The normalized spacial score (nSPS) is 26.3. The van der Waals surface area contributed by atoms with Crippen molar-refractivity contribution in [3.63, 3.8) is 0 Å². The van der Waals surface area contributed by atoms with Crippen LogP contribution in [0.4, 0.5) is 13.2 Å². The van der Waals surface area contributed by atoms with Crippen LogP contribution in [0.3, 0.4) is 0 Å². The molecule has 4 nitrogen and oxygen atoms in total. The molecule has 1 N–H and O–H groups in total. The van der Waals surface area contributed by atoms with Crippen molar-refractivity contribution in [1.29, 1.82) is 0 Å². The number of aliphatic carboxylic acids is 1. The molecule has 1 fully saturated rings. The molecule has 1 aliphatic rings. The molecule has 0 aromatic heterocycles. The lowest BCUT2D eigenvalue weighted by molar-refractivity contribution is -0.144. The van der Waals surface area contributed by atoms with E-state index in [1.165, 1.54) is 11.9 Å². The Hall–Kier alpha value is -0.820. The van der Waals surface area contributed by atoms with Crippen molar-refractivity contribution in [1.82, 2.24) is 4.90 Å². The zero-order valence-corrected chi connectivity index (χ0v) is 8.83. The Bertz CT molecular complexity index is 257. The second-order valence-corrected chi connectivity index (χ2v) is 3.90. The summed E-state index contributed by atoms with van der Waals surface area (Å²) in [6, 6.07) is -0.472. The first-order valence-corrected chi connectivity index (χ1v) is 4.89. The fourth-order valence-electron chi connectivity index (χ4n) is 1.68. The van der Waals surface area contributed by atoms with Gasteiger partial charge in [-0.1, -0.05) is 0 Å². The topological polar surface area (TPSA) is 49.8 Å². The van der Waals surface area contributed by atoms with Gasteiger partial charge < -0.3 is 9.84 Å². The second-order valence-electron chi connectivity index (χ2n) is 3.90. The average Bonchev–Trinajstić information content (AvgIpc) is 2.61. The highest BCUT2D eigenvalue weighted by Crippen LogP contribution is 2.23. The number of ether oxygens (including phenoxy) is 1. The van der Waals surface area contributed by atoms with Crippen LogP contribution in [0, 0.1) is 5.92 Å². The van der Waals surface area contributed by atoms with Gasteiger partial charge in [-0.3, -0.25) is 9.69 Å². The summed E-state index contributed by atoms with van der Waals surface area (Å²) in [5, 5.41) is 8.83. The molecule has 0 bridgehead atoms. The van der Waals surface area contributed by atoms with Crippen LogP contribution in [0.1, 0.15) is 6.42 Å². The molecule has 0 aromatic rings. The van der Waals surface area contributed by atoms with Crippen molar-refractivity contribution in [3.05, 3.63) is 0 Å². The number of carboxylic acid groups (broad SMARTS) is 1. The van der Waals surface area contributed by atoms with Crippen molar-refractivity contribution >= 4 is 5.97 Å². The van der Waals surface area contributed by atoms with Crippen molar-refractivity contribution in [2.45, 2.75) is 18.6 Å². The zero-order valence-electron chi connectivity index (χ0n) is 8.83. The third kappa shape index (κ3) is 3.64. The number of carbonyl (C=O) groups is 1. The van der Waals surface area contributed by atoms with Crippen LogP contribution in [0.5, 0.6) is 0 Å². The van der Waals surface area contributed by atoms with Gasteiger partial charge >= 0.3 is 12.1 Å². The number of halogens is 3. The number of hydrogen-bond acceptors (Lipinski definition) is 3. The number of nitrogens with zero attached hydrogens (tertiary/aromatic N) is 1. The molecule has 1 saturated heterocycles. The van der Waals surface area contributed by atoms with E-state index in [1.807, 2.05) is 0 Å². The molecule has 1 aliphatic heterocycles. The molecule has 94 valence electrons. The minimum atomic E-state index is -4.22. The summed E-state index contributed by atoms with van der Waals surface area (Å²) in [5.41, 5.74) is 0. The van der Waals surface area contributed by atoms with E-state index >= 15 is 0 Å². The van der Waals surface area contributed by atoms with E-state index in [1.54, 1.807) is 0 Å². The molecule has 0 spiro atoms. The first kappa shape index (κ1) is 13.2. The largest absolute Gasteiger partial charge is 0.481 e. The number of carboxylic acids is 1. The summed E-state index contributed by atoms with van der Waals surface area (Å²) < 4.78 is 40.9. The minimum absolute atomic E-state index is 0.0658. The van der Waals surface area contributed by atoms with Gasteiger partial charge in [0, 0.05) is 12.6 Å². The Morgan fingerprint density at radius 3 is 2.62 bits per heavy atom. The van der Waals surface area contributed by atoms with Crippen LogP contribution in [-0.4, -0.2) is 55.0 Å². The van der Waals surface area contributed by atoms with Gasteiger partial charge in [-0.25, -0.2) is 0 Å². The molecule has 2 atom stereocenters. The molecule has 0 saturated carbocycles. The van der Waals surface area contributed by atoms with Gasteiger partial charge in [-0.05, 0) is 7.05 Å². The van der Waals surface area contributed by atoms with Crippen LogP contribution in [-0.2, 0) is 9.53 Å². The van der Waals surface area contributed by atoms with Crippen LogP contribution < -0.4 is 0 Å². The summed E-state index contributed by atoms with van der Waals surface area (Å²) in [7, 11) is 1.49. The molecule has 1 rings (SSSR count). The van der Waals surface area contributed by atoms with Gasteiger partial charge in [0.25, 0.3) is 0 Å². The molecule has 16 heavy (non-hydrogen) atoms. The molecular weight excluding hydrogens is 227 g/mol. The maximum absolute atomic E-state index is 12.0. The van der Waals surface area contributed by atoms with Crippen molar-refractivity contribution in [2.24, 2.45) is 5.92 Å². The Labute approximate surface area is 91.0 Å². The van der Waals surface area contributed by atoms with E-state index in [2.05, 4.69) is 0 Å². The van der Waals surface area contributed by atoms with E-state index < -0.39 is 30.5 Å². The molecule has 0 aromatic carbocycles. The second kappa shape index (κ2) is 5.01. The standard InChI is InChI=1S/C9H14F3NO3/c1-13(3-2-9(10,11)12)7-5-16-4-6(7)8(14)15/h6-7H,2-5H2,1H3,(H,14,15). The fourth-order valence-corrected chi connectivity index (χ4v) is 1.68. The fraction of sp³-hybridized carbons (Fsp3) is 0.889. The van der Waals surface area contributed by atoms with E-state index in [0.717, 1.165) is 0 Å². The number of hydrogen-bond donors (Lipinski definition) is 1. The van der Waals surface area contributed by atoms with Gasteiger partial charge in [0.15, 0.2) is 0 Å². The van der Waals surface area contributed by atoms with Crippen molar-refractivity contribution in [3.8, 4) is 0 Å². The summed E-state index contributed by atoms with van der Waals surface area (Å²) in [6.07, 6.45) is -5.15. The van der Waals surface area contributed by atoms with Gasteiger partial charge in [-0.2, -0.15) is 13.2 Å². The zero-order chi connectivity index (χ0) is 12.3. The number of alkyl halides is 3. The van der Waals surface area contributed by atoms with E-state index in [-0.39, 0.29) is 19.8 Å². The van der Waals surface area contributed by atoms with Crippen molar-refractivity contribution < 1.29 is 27.8 Å². The first-order valence-electron chi connectivity index (χ1n) is 4.89. The lowest BCUT2D eigenvalue weighted by Gasteiger charge is -2.26. The summed E-state index contributed by atoms with van der Waals surface area (Å²) in [5.74, 6) is -1.76. The Morgan fingerprint density at radius 1 is 1.50 bits per heavy atom. The molecule has 0 radical (unpaired) electrons. The Kier molecular flexibility index (Phi) is 4.15. The smallest absolute Gasteiger partial charge is 0.390 e. The highest BCUT2D eigenvalue weighted by molar-refractivity contribution is 5.71. The van der Waals surface area contributed by atoms with E-state index in [9.17, 15) is 18.0 Å². The average molecular weight is 241 g/mol. The monoisotopic (exact) mass is 241 g/mol. The number of rotatable bonds is 4. The summed E-state index contributed by atoms with van der Waals surface area (Å²) in [4.78, 5) is 12.2. The third-order valence-electron chi connectivity index (χ3n) is 2.68. The van der Waals surface area contributed by atoms with Crippen LogP contribution in [0.15, 0.2) is 0 Å². The molecule has 0 amide bonds. The Balaban J connectivity index is 2.47. The van der Waals surface area contributed by atoms with Gasteiger partial charge in [0.2, 0.25) is 0 Å². The predicted octanol–water partition coefficient (Wildman–Crippen LogP) is 0.970. The highest BCUT2D eigenvalue weighted by atomic mass is 19.4. The molecule has 0 aliphatic carbocycles. The molecule has 1 heterocycles. The van der Waals surface area contributed by atoms with Crippen LogP contribution >= 0.6 is 0 Å². The molecule has 2 unspecified atom stereocenters. The lowest BCUT2D eigenvalue weighted by atomic mass is 10.0. The molecular formula is C9H14F3NO3. The summed E-state index contributed by atoms with van der Waals surface area (Å²) >= 11 is 0. The van der Waals surface area contributed by atoms with Crippen LogP contribution in [0.2, 0.25) is 0 Å². The van der Waals surface area contributed by atoms with Gasteiger partial charge in [0.05, 0.1) is 25.6 Å². The SMILES string of the molecule is CN(CCC(F)(F)F)C1COCC1C(=O)O. The van der Waals surface area contributed by atoms with E-state index in [4.69, 9.17) is 9.84 Å². The lowest BCUT2D eigenvalue weighted by Crippen LogP contribution is -2.42. The number of likely N-dealkylation sites (N-methyl/N-ethyl adjacent to an activating group) is 1. The molecule has 7 heteroatoms. The highest BCUT2D eigenvalue weighted by Gasteiger charge is 2.37. The van der Waals surface area contributed by atoms with Crippen molar-refractivity contribution in [2.75, 3.05) is 26.8 Å². The Morgan fingerprint density at radius 2 is 2.12 bits per heavy atom. The maximum atomic E-state index is 12.0. The maximum Gasteiger partial charge on any atom is 0.390 e. The van der Waals surface area contributed by atoms with E-state index in [0.29, 0.717) is 0 Å². The first-order chi connectivity index (χ1) is 7.31.